The first-order chi connectivity index (χ1) is 18.6. The predicted octanol–water partition coefficient (Wildman–Crippen LogP) is 6.02. The smallest absolute Gasteiger partial charge is 0.280 e. The van der Waals surface area contributed by atoms with Gasteiger partial charge in [0, 0.05) is 39.1 Å². The topological polar surface area (TPSA) is 102 Å². The summed E-state index contributed by atoms with van der Waals surface area (Å²) in [5.41, 5.74) is 6.76. The summed E-state index contributed by atoms with van der Waals surface area (Å²) in [7, 11) is 1.51. The molecule has 3 N–H and O–H groups in total. The van der Waals surface area contributed by atoms with Crippen molar-refractivity contribution >= 4 is 52.1 Å². The molecule has 6 rings (SSSR count). The number of imidazole rings is 1. The minimum absolute atomic E-state index is 0.0518. The Morgan fingerprint density at radius 1 is 1.05 bits per heavy atom. The minimum Gasteiger partial charge on any atom is -0.496 e. The van der Waals surface area contributed by atoms with Crippen LogP contribution in [0.3, 0.4) is 0 Å². The van der Waals surface area contributed by atoms with Crippen molar-refractivity contribution < 1.29 is 18.7 Å². The molecule has 1 spiro atoms. The quantitative estimate of drug-likeness (QED) is 0.294. The molecule has 0 aliphatic carbocycles. The number of benzene rings is 3. The average molecular weight is 566 g/mol. The fraction of sp³-hybridized carbons (Fsp3) is 0.179. The molecule has 0 unspecified atom stereocenters. The van der Waals surface area contributed by atoms with Gasteiger partial charge in [-0.1, -0.05) is 29.3 Å². The van der Waals surface area contributed by atoms with Gasteiger partial charge in [-0.05, 0) is 56.3 Å². The Morgan fingerprint density at radius 2 is 1.82 bits per heavy atom. The number of nitrogens with two attached hydrogens (primary N) is 1. The van der Waals surface area contributed by atoms with Crippen molar-refractivity contribution in [3.63, 3.8) is 0 Å². The van der Waals surface area contributed by atoms with Crippen molar-refractivity contribution in [2.45, 2.75) is 25.4 Å². The number of hydrogen-bond acceptors (Lipinski definition) is 5. The third-order valence-electron chi connectivity index (χ3n) is 7.03. The predicted molar refractivity (Wildman–Crippen MR) is 148 cm³/mol. The van der Waals surface area contributed by atoms with E-state index in [0.29, 0.717) is 44.8 Å². The Balaban J connectivity index is 1.73. The lowest BCUT2D eigenvalue weighted by Gasteiger charge is -2.35. The molecule has 0 fully saturated rings. The highest BCUT2D eigenvalue weighted by molar-refractivity contribution is 6.32. The molecule has 39 heavy (non-hydrogen) atoms. The molecule has 0 bridgehead atoms. The zero-order valence-corrected chi connectivity index (χ0v) is 22.6. The van der Waals surface area contributed by atoms with Crippen LogP contribution in [0.15, 0.2) is 54.6 Å². The number of anilines is 3. The number of nitrogens with one attached hydrogen (secondary N) is 1. The molecule has 11 heteroatoms. The first-order valence-corrected chi connectivity index (χ1v) is 12.8. The lowest BCUT2D eigenvalue weighted by molar-refractivity contribution is -0.119. The molecule has 2 aliphatic heterocycles. The zero-order valence-electron chi connectivity index (χ0n) is 21.1. The number of carbonyl (C=O) groups excluding carboxylic acids is 2. The second-order valence-electron chi connectivity index (χ2n) is 9.68. The third-order valence-corrected chi connectivity index (χ3v) is 7.48. The van der Waals surface area contributed by atoms with E-state index in [2.05, 4.69) is 5.32 Å². The Bertz CT molecular complexity index is 1700. The van der Waals surface area contributed by atoms with Gasteiger partial charge in [-0.2, -0.15) is 0 Å². The molecule has 1 aromatic heterocycles. The molecule has 8 nitrogen and oxygen atoms in total. The van der Waals surface area contributed by atoms with Crippen LogP contribution in [0, 0.1) is 5.82 Å². The lowest BCUT2D eigenvalue weighted by atomic mass is 9.87. The molecule has 4 aromatic rings. The van der Waals surface area contributed by atoms with Crippen molar-refractivity contribution in [3.8, 4) is 17.1 Å². The van der Waals surface area contributed by atoms with E-state index in [1.165, 1.54) is 24.1 Å². The number of amides is 2. The maximum atomic E-state index is 14.6. The number of hydrogen-bond donors (Lipinski definition) is 2. The van der Waals surface area contributed by atoms with E-state index < -0.39 is 23.2 Å². The standard InChI is InChI=1S/C28H22Cl2FN5O3/c1-13(2)35-24-23(34-25(35)19-6-5-17(32)12-22(19)39-3)26(37)36(18-9-15(30)8-16(31)11-18)28(24)20-7-4-14(29)10-21(20)33-27(28)38/h4-13H,32H2,1-3H3,(H,33,38)/t28-/m0/s1. The van der Waals surface area contributed by atoms with Crippen molar-refractivity contribution in [3.05, 3.63) is 87.4 Å². The van der Waals surface area contributed by atoms with E-state index in [9.17, 15) is 14.0 Å². The number of carbonyl (C=O) groups is 2. The Hall–Kier alpha value is -4.08. The first kappa shape index (κ1) is 25.2. The van der Waals surface area contributed by atoms with Crippen LogP contribution >= 0.6 is 23.2 Å². The molecular formula is C28H22Cl2FN5O3. The number of halogens is 3. The number of rotatable bonds is 4. The van der Waals surface area contributed by atoms with E-state index >= 15 is 0 Å². The van der Waals surface area contributed by atoms with Crippen molar-refractivity contribution in [2.24, 2.45) is 0 Å². The summed E-state index contributed by atoms with van der Waals surface area (Å²) in [6.07, 6.45) is 0. The number of fused-ring (bicyclic) bond motifs is 4. The van der Waals surface area contributed by atoms with Crippen molar-refractivity contribution in [1.29, 1.82) is 0 Å². The normalized spacial score (nSPS) is 17.7. The first-order valence-electron chi connectivity index (χ1n) is 12.1. The molecule has 0 radical (unpaired) electrons. The molecule has 198 valence electrons. The summed E-state index contributed by atoms with van der Waals surface area (Å²) in [5.74, 6) is -0.867. The molecule has 0 saturated carbocycles. The summed E-state index contributed by atoms with van der Waals surface area (Å²) in [6.45, 7) is 3.84. The van der Waals surface area contributed by atoms with Crippen LogP contribution in [-0.4, -0.2) is 28.5 Å². The molecule has 3 aromatic carbocycles. The fourth-order valence-corrected chi connectivity index (χ4v) is 5.97. The summed E-state index contributed by atoms with van der Waals surface area (Å²) in [4.78, 5) is 34.5. The van der Waals surface area contributed by atoms with Gasteiger partial charge in [-0.15, -0.1) is 0 Å². The summed E-state index contributed by atoms with van der Waals surface area (Å²) >= 11 is 12.5. The second kappa shape index (κ2) is 8.72. The molecule has 0 saturated heterocycles. The highest BCUT2D eigenvalue weighted by Crippen LogP contribution is 2.55. The van der Waals surface area contributed by atoms with E-state index in [-0.39, 0.29) is 22.4 Å². The molecule has 3 heterocycles. The Labute approximate surface area is 233 Å². The maximum Gasteiger partial charge on any atom is 0.280 e. The summed E-state index contributed by atoms with van der Waals surface area (Å²) in [6, 6.07) is 13.6. The second-order valence-corrected chi connectivity index (χ2v) is 10.6. The van der Waals surface area contributed by atoms with E-state index in [1.54, 1.807) is 36.4 Å². The number of nitrogen functional groups attached to an aromatic ring is 1. The molecule has 1 atom stereocenters. The van der Waals surface area contributed by atoms with Crippen LogP contribution in [0.5, 0.6) is 5.75 Å². The number of methoxy groups -OCH3 is 1. The van der Waals surface area contributed by atoms with Gasteiger partial charge in [0.15, 0.2) is 11.2 Å². The highest BCUT2D eigenvalue weighted by atomic mass is 35.5. The van der Waals surface area contributed by atoms with E-state index in [4.69, 9.17) is 38.7 Å². The summed E-state index contributed by atoms with van der Waals surface area (Å²) in [5, 5.41) is 3.36. The monoisotopic (exact) mass is 565 g/mol. The number of aromatic nitrogens is 2. The zero-order chi connectivity index (χ0) is 27.8. The number of nitrogens with zero attached hydrogens (tertiary/aromatic N) is 3. The third kappa shape index (κ3) is 3.46. The van der Waals surface area contributed by atoms with E-state index in [0.717, 1.165) is 6.07 Å². The molecular weight excluding hydrogens is 544 g/mol. The largest absolute Gasteiger partial charge is 0.496 e. The van der Waals surface area contributed by atoms with Gasteiger partial charge in [0.05, 0.1) is 24.1 Å². The van der Waals surface area contributed by atoms with Crippen LogP contribution in [0.25, 0.3) is 11.4 Å². The van der Waals surface area contributed by atoms with Crippen LogP contribution in [0.1, 0.15) is 41.6 Å². The van der Waals surface area contributed by atoms with Crippen molar-refractivity contribution in [1.82, 2.24) is 9.55 Å². The van der Waals surface area contributed by atoms with Gasteiger partial charge < -0.3 is 20.4 Å². The van der Waals surface area contributed by atoms with Gasteiger partial charge in [0.1, 0.15) is 17.4 Å². The van der Waals surface area contributed by atoms with Crippen LogP contribution < -0.4 is 20.7 Å². The van der Waals surface area contributed by atoms with Gasteiger partial charge >= 0.3 is 0 Å². The van der Waals surface area contributed by atoms with Gasteiger partial charge in [-0.25, -0.2) is 9.37 Å². The average Bonchev–Trinajstić information content (AvgIpc) is 3.47. The lowest BCUT2D eigenvalue weighted by Crippen LogP contribution is -2.51. The van der Waals surface area contributed by atoms with Crippen LogP contribution in [0.4, 0.5) is 21.5 Å². The minimum atomic E-state index is -1.72. The SMILES string of the molecule is COc1cc(N)ccc1-c1nc2c(n1C(C)C)[C@@]1(C(=O)Nc3cc(Cl)ccc31)N(c1cc(F)cc(Cl)c1)C2=O. The van der Waals surface area contributed by atoms with Gasteiger partial charge in [0.2, 0.25) is 0 Å². The van der Waals surface area contributed by atoms with Crippen molar-refractivity contribution in [2.75, 3.05) is 23.1 Å². The van der Waals surface area contributed by atoms with Gasteiger partial charge in [-0.3, -0.25) is 14.5 Å². The van der Waals surface area contributed by atoms with Gasteiger partial charge in [0.25, 0.3) is 11.8 Å². The Kier molecular flexibility index (Phi) is 5.64. The summed E-state index contributed by atoms with van der Waals surface area (Å²) < 4.78 is 22.0. The van der Waals surface area contributed by atoms with E-state index in [1.807, 2.05) is 18.4 Å². The fourth-order valence-electron chi connectivity index (χ4n) is 5.58. The molecule has 2 aliphatic rings. The van der Waals surface area contributed by atoms with Crippen LogP contribution in [0.2, 0.25) is 10.0 Å². The molecule has 2 amide bonds. The maximum absolute atomic E-state index is 14.6. The highest BCUT2D eigenvalue weighted by Gasteiger charge is 2.64. The van der Waals surface area contributed by atoms with Crippen LogP contribution in [-0.2, 0) is 10.3 Å². The Morgan fingerprint density at radius 3 is 2.51 bits per heavy atom. The number of ether oxygens (including phenoxy) is 1.